The summed E-state index contributed by atoms with van der Waals surface area (Å²) in [6.07, 6.45) is 6.87. The normalized spacial score (nSPS) is 17.3. The van der Waals surface area contributed by atoms with E-state index in [1.807, 2.05) is 18.2 Å². The fraction of sp³-hybridized carbons (Fsp3) is 0.500. The molecule has 0 radical (unpaired) electrons. The summed E-state index contributed by atoms with van der Waals surface area (Å²) < 4.78 is 11.1. The van der Waals surface area contributed by atoms with Crippen molar-refractivity contribution in [3.63, 3.8) is 0 Å². The average molecular weight is 360 g/mol. The minimum absolute atomic E-state index is 0.113. The van der Waals surface area contributed by atoms with Gasteiger partial charge < -0.3 is 20.1 Å². The molecule has 1 aliphatic heterocycles. The zero-order valence-electron chi connectivity index (χ0n) is 15.6. The van der Waals surface area contributed by atoms with Crippen LogP contribution in [0.1, 0.15) is 38.2 Å². The molecule has 1 aliphatic rings. The molecule has 2 rings (SSSR count). The Morgan fingerprint density at radius 2 is 2.15 bits per heavy atom. The van der Waals surface area contributed by atoms with E-state index in [9.17, 15) is 9.59 Å². The van der Waals surface area contributed by atoms with Crippen LogP contribution in [-0.2, 0) is 9.59 Å². The van der Waals surface area contributed by atoms with Crippen molar-refractivity contribution in [2.75, 3.05) is 26.8 Å². The van der Waals surface area contributed by atoms with Crippen LogP contribution >= 0.6 is 0 Å². The number of nitrogens with zero attached hydrogens (tertiary/aromatic N) is 1. The lowest BCUT2D eigenvalue weighted by Gasteiger charge is -2.30. The maximum absolute atomic E-state index is 12.4. The number of rotatable bonds is 8. The monoisotopic (exact) mass is 360 g/mol. The van der Waals surface area contributed by atoms with Gasteiger partial charge in [0.05, 0.1) is 19.6 Å². The van der Waals surface area contributed by atoms with Gasteiger partial charge in [0.25, 0.3) is 0 Å². The molecule has 1 atom stereocenters. The molecule has 1 saturated heterocycles. The van der Waals surface area contributed by atoms with Crippen molar-refractivity contribution < 1.29 is 19.1 Å². The van der Waals surface area contributed by atoms with Gasteiger partial charge in [-0.3, -0.25) is 9.59 Å². The average Bonchev–Trinajstić information content (AvgIpc) is 2.66. The topological polar surface area (TPSA) is 81.9 Å². The highest BCUT2D eigenvalue weighted by molar-refractivity contribution is 5.92. The number of nitrogens with two attached hydrogens (primary N) is 1. The smallest absolute Gasteiger partial charge is 0.246 e. The molecule has 0 aromatic heterocycles. The van der Waals surface area contributed by atoms with Crippen molar-refractivity contribution >= 4 is 17.9 Å². The Morgan fingerprint density at radius 1 is 1.35 bits per heavy atom. The highest BCUT2D eigenvalue weighted by Crippen LogP contribution is 2.29. The van der Waals surface area contributed by atoms with E-state index in [2.05, 4.69) is 6.92 Å². The second kappa shape index (κ2) is 9.85. The van der Waals surface area contributed by atoms with Gasteiger partial charge in [0, 0.05) is 19.2 Å². The summed E-state index contributed by atoms with van der Waals surface area (Å²) in [5.41, 5.74) is 6.21. The van der Waals surface area contributed by atoms with E-state index in [0.29, 0.717) is 31.2 Å². The van der Waals surface area contributed by atoms with E-state index < -0.39 is 0 Å². The summed E-state index contributed by atoms with van der Waals surface area (Å²) in [5.74, 6) is 0.640. The van der Waals surface area contributed by atoms with E-state index in [-0.39, 0.29) is 17.7 Å². The first kappa shape index (κ1) is 19.8. The Labute approximate surface area is 154 Å². The summed E-state index contributed by atoms with van der Waals surface area (Å²) in [6.45, 7) is 3.81. The van der Waals surface area contributed by atoms with Gasteiger partial charge in [-0.1, -0.05) is 19.4 Å². The lowest BCUT2D eigenvalue weighted by molar-refractivity contribution is -0.130. The fourth-order valence-corrected chi connectivity index (χ4v) is 2.92. The summed E-state index contributed by atoms with van der Waals surface area (Å²) in [4.78, 5) is 25.4. The number of benzene rings is 1. The quantitative estimate of drug-likeness (QED) is 0.571. The third kappa shape index (κ3) is 5.51. The van der Waals surface area contributed by atoms with Crippen molar-refractivity contribution in [3.8, 4) is 11.5 Å². The van der Waals surface area contributed by atoms with Crippen molar-refractivity contribution in [3.05, 3.63) is 29.8 Å². The number of likely N-dealkylation sites (tertiary alicyclic amines) is 1. The highest BCUT2D eigenvalue weighted by atomic mass is 16.5. The maximum Gasteiger partial charge on any atom is 0.246 e. The first-order chi connectivity index (χ1) is 12.5. The van der Waals surface area contributed by atoms with Gasteiger partial charge in [0.1, 0.15) is 0 Å². The third-order valence-electron chi connectivity index (χ3n) is 4.50. The molecule has 1 unspecified atom stereocenters. The summed E-state index contributed by atoms with van der Waals surface area (Å²) in [6, 6.07) is 5.58. The number of primary amides is 1. The van der Waals surface area contributed by atoms with Crippen LogP contribution in [0.5, 0.6) is 11.5 Å². The number of piperidine rings is 1. The molecular formula is C20H28N2O4. The van der Waals surface area contributed by atoms with Crippen LogP contribution in [-0.4, -0.2) is 43.5 Å². The second-order valence-corrected chi connectivity index (χ2v) is 6.47. The largest absolute Gasteiger partial charge is 0.493 e. The molecule has 0 aliphatic carbocycles. The first-order valence-electron chi connectivity index (χ1n) is 9.12. The SMILES string of the molecule is CCCCOc1ccc(C=CC(=O)N2CCCC(C(N)=O)C2)cc1OC. The van der Waals surface area contributed by atoms with Crippen molar-refractivity contribution in [1.82, 2.24) is 4.90 Å². The van der Waals surface area contributed by atoms with E-state index in [4.69, 9.17) is 15.2 Å². The zero-order chi connectivity index (χ0) is 18.9. The first-order valence-corrected chi connectivity index (χ1v) is 9.12. The van der Waals surface area contributed by atoms with Gasteiger partial charge in [-0.15, -0.1) is 0 Å². The van der Waals surface area contributed by atoms with Crippen LogP contribution in [0.2, 0.25) is 0 Å². The number of carbonyl (C=O) groups is 2. The van der Waals surface area contributed by atoms with Gasteiger partial charge >= 0.3 is 0 Å². The molecule has 2 amide bonds. The van der Waals surface area contributed by atoms with E-state index in [0.717, 1.165) is 31.2 Å². The van der Waals surface area contributed by atoms with Crippen LogP contribution in [0, 0.1) is 5.92 Å². The molecule has 0 spiro atoms. The van der Waals surface area contributed by atoms with Crippen LogP contribution in [0.3, 0.4) is 0 Å². The molecule has 2 N–H and O–H groups in total. The number of hydrogen-bond donors (Lipinski definition) is 1. The number of methoxy groups -OCH3 is 1. The van der Waals surface area contributed by atoms with Gasteiger partial charge in [0.15, 0.2) is 11.5 Å². The number of carbonyl (C=O) groups excluding carboxylic acids is 2. The molecule has 0 saturated carbocycles. The van der Waals surface area contributed by atoms with Gasteiger partial charge in [0.2, 0.25) is 11.8 Å². The Morgan fingerprint density at radius 3 is 2.85 bits per heavy atom. The van der Waals surface area contributed by atoms with Gasteiger partial charge in [-0.2, -0.15) is 0 Å². The summed E-state index contributed by atoms with van der Waals surface area (Å²) in [7, 11) is 1.60. The highest BCUT2D eigenvalue weighted by Gasteiger charge is 2.25. The Bertz CT molecular complexity index is 657. The van der Waals surface area contributed by atoms with Crippen molar-refractivity contribution in [1.29, 1.82) is 0 Å². The molecule has 6 heteroatoms. The predicted octanol–water partition coefficient (Wildman–Crippen LogP) is 2.61. The fourth-order valence-electron chi connectivity index (χ4n) is 2.92. The van der Waals surface area contributed by atoms with Crippen molar-refractivity contribution in [2.45, 2.75) is 32.6 Å². The molecule has 1 heterocycles. The number of unbranched alkanes of at least 4 members (excludes halogenated alkanes) is 1. The number of amides is 2. The van der Waals surface area contributed by atoms with Crippen LogP contribution in [0.4, 0.5) is 0 Å². The predicted molar refractivity (Wildman–Crippen MR) is 101 cm³/mol. The Hall–Kier alpha value is -2.50. The molecule has 6 nitrogen and oxygen atoms in total. The lowest BCUT2D eigenvalue weighted by atomic mass is 9.97. The van der Waals surface area contributed by atoms with Gasteiger partial charge in [-0.25, -0.2) is 0 Å². The maximum atomic E-state index is 12.4. The standard InChI is InChI=1S/C20H28N2O4/c1-3-4-12-26-17-9-7-15(13-18(17)25-2)8-10-19(23)22-11-5-6-16(14-22)20(21)24/h7-10,13,16H,3-6,11-12,14H2,1-2H3,(H2,21,24). The van der Waals surface area contributed by atoms with Crippen LogP contribution in [0.25, 0.3) is 6.08 Å². The number of ether oxygens (including phenoxy) is 2. The van der Waals surface area contributed by atoms with Crippen molar-refractivity contribution in [2.24, 2.45) is 11.7 Å². The van der Waals surface area contributed by atoms with Gasteiger partial charge in [-0.05, 0) is 43.0 Å². The minimum atomic E-state index is -0.338. The number of hydrogen-bond acceptors (Lipinski definition) is 4. The molecule has 1 fully saturated rings. The summed E-state index contributed by atoms with van der Waals surface area (Å²) in [5, 5.41) is 0. The van der Waals surface area contributed by atoms with Crippen LogP contribution < -0.4 is 15.2 Å². The molecular weight excluding hydrogens is 332 g/mol. The Balaban J connectivity index is 2.00. The molecule has 0 bridgehead atoms. The van der Waals surface area contributed by atoms with Crippen LogP contribution in [0.15, 0.2) is 24.3 Å². The molecule has 26 heavy (non-hydrogen) atoms. The zero-order valence-corrected chi connectivity index (χ0v) is 15.6. The minimum Gasteiger partial charge on any atom is -0.493 e. The second-order valence-electron chi connectivity index (χ2n) is 6.47. The Kier molecular flexibility index (Phi) is 7.51. The molecule has 142 valence electrons. The van der Waals surface area contributed by atoms with E-state index in [1.54, 1.807) is 18.1 Å². The molecule has 1 aromatic rings. The third-order valence-corrected chi connectivity index (χ3v) is 4.50. The summed E-state index contributed by atoms with van der Waals surface area (Å²) >= 11 is 0. The molecule has 1 aromatic carbocycles. The van der Waals surface area contributed by atoms with E-state index >= 15 is 0 Å². The lowest BCUT2D eigenvalue weighted by Crippen LogP contribution is -2.43. The van der Waals surface area contributed by atoms with E-state index in [1.165, 1.54) is 6.08 Å².